The summed E-state index contributed by atoms with van der Waals surface area (Å²) in [7, 11) is 0. The highest BCUT2D eigenvalue weighted by Gasteiger charge is 2.07. The zero-order chi connectivity index (χ0) is 13.0. The van der Waals surface area contributed by atoms with Gasteiger partial charge in [0.2, 0.25) is 0 Å². The van der Waals surface area contributed by atoms with Gasteiger partial charge in [-0.2, -0.15) is 0 Å². The van der Waals surface area contributed by atoms with E-state index in [-0.39, 0.29) is 6.04 Å². The SMILES string of the molecule is CCC(N)Cc1ccc(Sc2nccs2)cc1Cl. The van der Waals surface area contributed by atoms with Crippen LogP contribution in [0.2, 0.25) is 5.02 Å². The van der Waals surface area contributed by atoms with Crippen LogP contribution < -0.4 is 5.73 Å². The first-order valence-corrected chi connectivity index (χ1v) is 7.87. The minimum Gasteiger partial charge on any atom is -0.327 e. The lowest BCUT2D eigenvalue weighted by atomic mass is 10.1. The van der Waals surface area contributed by atoms with E-state index in [1.807, 2.05) is 17.6 Å². The molecule has 0 fully saturated rings. The number of aromatic nitrogens is 1. The van der Waals surface area contributed by atoms with Crippen LogP contribution >= 0.6 is 34.7 Å². The number of thiazole rings is 1. The van der Waals surface area contributed by atoms with Crippen molar-refractivity contribution in [3.63, 3.8) is 0 Å². The van der Waals surface area contributed by atoms with Crippen LogP contribution in [0.5, 0.6) is 0 Å². The Kier molecular flexibility index (Phi) is 5.06. The van der Waals surface area contributed by atoms with E-state index in [0.717, 1.165) is 32.7 Å². The number of nitrogens with two attached hydrogens (primary N) is 1. The second-order valence-electron chi connectivity index (χ2n) is 4.03. The fourth-order valence-corrected chi connectivity index (χ4v) is 3.50. The minimum absolute atomic E-state index is 0.181. The highest BCUT2D eigenvalue weighted by atomic mass is 35.5. The van der Waals surface area contributed by atoms with Crippen molar-refractivity contribution in [1.29, 1.82) is 0 Å². The molecule has 0 saturated heterocycles. The van der Waals surface area contributed by atoms with Gasteiger partial charge in [-0.3, -0.25) is 0 Å². The monoisotopic (exact) mass is 298 g/mol. The van der Waals surface area contributed by atoms with Crippen LogP contribution in [0.3, 0.4) is 0 Å². The zero-order valence-electron chi connectivity index (χ0n) is 10.1. The predicted octanol–water partition coefficient (Wildman–Crippen LogP) is 4.23. The van der Waals surface area contributed by atoms with Gasteiger partial charge < -0.3 is 5.73 Å². The van der Waals surface area contributed by atoms with E-state index in [2.05, 4.69) is 24.0 Å². The Morgan fingerprint density at radius 1 is 1.50 bits per heavy atom. The third kappa shape index (κ3) is 3.72. The van der Waals surface area contributed by atoms with Gasteiger partial charge in [0, 0.05) is 27.5 Å². The first-order chi connectivity index (χ1) is 8.69. The Balaban J connectivity index is 2.09. The van der Waals surface area contributed by atoms with Crippen LogP contribution in [-0.2, 0) is 6.42 Å². The quantitative estimate of drug-likeness (QED) is 0.898. The molecule has 0 bridgehead atoms. The minimum atomic E-state index is 0.181. The molecule has 1 aromatic heterocycles. The molecular formula is C13H15ClN2S2. The molecule has 0 amide bonds. The number of hydrogen-bond donors (Lipinski definition) is 1. The predicted molar refractivity (Wildman–Crippen MR) is 79.7 cm³/mol. The van der Waals surface area contributed by atoms with Gasteiger partial charge in [0.1, 0.15) is 0 Å². The fraction of sp³-hybridized carbons (Fsp3) is 0.308. The Morgan fingerprint density at radius 2 is 2.33 bits per heavy atom. The second kappa shape index (κ2) is 6.57. The molecule has 2 nitrogen and oxygen atoms in total. The van der Waals surface area contributed by atoms with Crippen LogP contribution in [0.1, 0.15) is 18.9 Å². The average molecular weight is 299 g/mol. The number of rotatable bonds is 5. The fourth-order valence-electron chi connectivity index (χ4n) is 1.55. The summed E-state index contributed by atoms with van der Waals surface area (Å²) >= 11 is 9.55. The van der Waals surface area contributed by atoms with E-state index < -0.39 is 0 Å². The molecule has 0 radical (unpaired) electrons. The molecule has 0 aliphatic rings. The lowest BCUT2D eigenvalue weighted by molar-refractivity contribution is 0.646. The normalized spacial score (nSPS) is 12.6. The summed E-state index contributed by atoms with van der Waals surface area (Å²) in [6.45, 7) is 2.09. The van der Waals surface area contributed by atoms with Crippen LogP contribution in [0.15, 0.2) is 39.0 Å². The number of benzene rings is 1. The summed E-state index contributed by atoms with van der Waals surface area (Å²) in [6.07, 6.45) is 3.60. The topological polar surface area (TPSA) is 38.9 Å². The van der Waals surface area contributed by atoms with Crippen LogP contribution in [-0.4, -0.2) is 11.0 Å². The van der Waals surface area contributed by atoms with Gasteiger partial charge in [0.25, 0.3) is 0 Å². The van der Waals surface area contributed by atoms with E-state index >= 15 is 0 Å². The lowest BCUT2D eigenvalue weighted by Gasteiger charge is -2.11. The van der Waals surface area contributed by atoms with Crippen molar-refractivity contribution in [3.05, 3.63) is 40.4 Å². The Labute approximate surface area is 121 Å². The van der Waals surface area contributed by atoms with E-state index in [1.54, 1.807) is 23.1 Å². The second-order valence-corrected chi connectivity index (χ2v) is 6.65. The third-order valence-corrected chi connectivity index (χ3v) is 4.87. The molecule has 1 unspecified atom stereocenters. The summed E-state index contributed by atoms with van der Waals surface area (Å²) < 4.78 is 1.03. The van der Waals surface area contributed by atoms with Gasteiger partial charge in [-0.15, -0.1) is 11.3 Å². The molecule has 2 aromatic rings. The molecule has 18 heavy (non-hydrogen) atoms. The number of hydrogen-bond acceptors (Lipinski definition) is 4. The highest BCUT2D eigenvalue weighted by Crippen LogP contribution is 2.32. The van der Waals surface area contributed by atoms with Gasteiger partial charge in [-0.1, -0.05) is 36.4 Å². The van der Waals surface area contributed by atoms with Gasteiger partial charge in [-0.05, 0) is 30.5 Å². The van der Waals surface area contributed by atoms with Gasteiger partial charge in [0.05, 0.1) is 0 Å². The average Bonchev–Trinajstić information content (AvgIpc) is 2.85. The van der Waals surface area contributed by atoms with Crippen LogP contribution in [0.4, 0.5) is 0 Å². The number of nitrogens with zero attached hydrogens (tertiary/aromatic N) is 1. The molecule has 0 aliphatic heterocycles. The highest BCUT2D eigenvalue weighted by molar-refractivity contribution is 8.01. The Bertz CT molecular complexity index is 500. The van der Waals surface area contributed by atoms with Crippen molar-refractivity contribution in [2.75, 3.05) is 0 Å². The molecule has 96 valence electrons. The van der Waals surface area contributed by atoms with Gasteiger partial charge in [0.15, 0.2) is 4.34 Å². The maximum atomic E-state index is 6.28. The zero-order valence-corrected chi connectivity index (χ0v) is 12.5. The molecule has 2 rings (SSSR count). The van der Waals surface area contributed by atoms with E-state index in [1.165, 1.54) is 0 Å². The Hall–Kier alpha value is -0.550. The van der Waals surface area contributed by atoms with Crippen molar-refractivity contribution in [2.24, 2.45) is 5.73 Å². The molecule has 2 N–H and O–H groups in total. The first kappa shape index (κ1) is 13.9. The van der Waals surface area contributed by atoms with Crippen molar-refractivity contribution in [2.45, 2.75) is 35.0 Å². The van der Waals surface area contributed by atoms with Crippen molar-refractivity contribution >= 4 is 34.7 Å². The van der Waals surface area contributed by atoms with Crippen LogP contribution in [0.25, 0.3) is 0 Å². The molecule has 0 spiro atoms. The Morgan fingerprint density at radius 3 is 2.94 bits per heavy atom. The first-order valence-electron chi connectivity index (χ1n) is 5.80. The van der Waals surface area contributed by atoms with Gasteiger partial charge >= 0.3 is 0 Å². The van der Waals surface area contributed by atoms with Crippen molar-refractivity contribution in [3.8, 4) is 0 Å². The smallest absolute Gasteiger partial charge is 0.154 e. The van der Waals surface area contributed by atoms with Crippen molar-refractivity contribution < 1.29 is 0 Å². The molecule has 5 heteroatoms. The summed E-state index contributed by atoms with van der Waals surface area (Å²) in [6, 6.07) is 6.31. The summed E-state index contributed by atoms with van der Waals surface area (Å²) in [4.78, 5) is 5.36. The maximum absolute atomic E-state index is 6.28. The molecular weight excluding hydrogens is 284 g/mol. The molecule has 0 saturated carbocycles. The standard InChI is InChI=1S/C13H15ClN2S2/c1-2-10(15)7-9-3-4-11(8-12(9)14)18-13-16-5-6-17-13/h3-6,8,10H,2,7,15H2,1H3. The maximum Gasteiger partial charge on any atom is 0.154 e. The van der Waals surface area contributed by atoms with E-state index in [9.17, 15) is 0 Å². The summed E-state index contributed by atoms with van der Waals surface area (Å²) in [5.74, 6) is 0. The molecule has 1 heterocycles. The largest absolute Gasteiger partial charge is 0.327 e. The lowest BCUT2D eigenvalue weighted by Crippen LogP contribution is -2.21. The molecule has 1 aromatic carbocycles. The third-order valence-electron chi connectivity index (χ3n) is 2.65. The van der Waals surface area contributed by atoms with Crippen molar-refractivity contribution in [1.82, 2.24) is 4.98 Å². The van der Waals surface area contributed by atoms with Crippen LogP contribution in [0, 0.1) is 0 Å². The molecule has 1 atom stereocenters. The van der Waals surface area contributed by atoms with E-state index in [0.29, 0.717) is 0 Å². The van der Waals surface area contributed by atoms with E-state index in [4.69, 9.17) is 17.3 Å². The number of halogens is 1. The summed E-state index contributed by atoms with van der Waals surface area (Å²) in [5.41, 5.74) is 7.07. The summed E-state index contributed by atoms with van der Waals surface area (Å²) in [5, 5.41) is 2.76. The molecule has 0 aliphatic carbocycles. The van der Waals surface area contributed by atoms with Gasteiger partial charge in [-0.25, -0.2) is 4.98 Å².